The lowest BCUT2D eigenvalue weighted by Crippen LogP contribution is -2.34. The SMILES string of the molecule is CC(CCl)C(=O)NC(c1ccccc1)c1ccco1. The fourth-order valence-electron chi connectivity index (χ4n) is 1.77. The van der Waals surface area contributed by atoms with Gasteiger partial charge in [0.15, 0.2) is 0 Å². The Morgan fingerprint density at radius 1 is 1.26 bits per heavy atom. The highest BCUT2D eigenvalue weighted by molar-refractivity contribution is 6.19. The number of hydrogen-bond acceptors (Lipinski definition) is 2. The molecule has 100 valence electrons. The lowest BCUT2D eigenvalue weighted by molar-refractivity contribution is -0.124. The van der Waals surface area contributed by atoms with Crippen molar-refractivity contribution in [3.05, 3.63) is 60.1 Å². The molecule has 19 heavy (non-hydrogen) atoms. The number of carbonyl (C=O) groups excluding carboxylic acids is 1. The molecule has 0 spiro atoms. The number of benzene rings is 1. The maximum atomic E-state index is 12.0. The van der Waals surface area contributed by atoms with Gasteiger partial charge in [-0.25, -0.2) is 0 Å². The van der Waals surface area contributed by atoms with Crippen LogP contribution in [0.15, 0.2) is 53.1 Å². The number of rotatable bonds is 5. The Morgan fingerprint density at radius 3 is 2.58 bits per heavy atom. The van der Waals surface area contributed by atoms with Crippen LogP contribution in [-0.2, 0) is 4.79 Å². The maximum absolute atomic E-state index is 12.0. The van der Waals surface area contributed by atoms with E-state index in [1.807, 2.05) is 42.5 Å². The Morgan fingerprint density at radius 2 is 2.00 bits per heavy atom. The smallest absolute Gasteiger partial charge is 0.224 e. The first-order chi connectivity index (χ1) is 9.22. The molecular weight excluding hydrogens is 262 g/mol. The largest absolute Gasteiger partial charge is 0.467 e. The van der Waals surface area contributed by atoms with Gasteiger partial charge in [-0.15, -0.1) is 11.6 Å². The predicted molar refractivity (Wildman–Crippen MR) is 75.0 cm³/mol. The molecule has 0 aliphatic rings. The monoisotopic (exact) mass is 277 g/mol. The number of furan rings is 1. The van der Waals surface area contributed by atoms with Gasteiger partial charge in [0.25, 0.3) is 0 Å². The molecule has 0 aliphatic carbocycles. The van der Waals surface area contributed by atoms with Gasteiger partial charge in [-0.1, -0.05) is 37.3 Å². The van der Waals surface area contributed by atoms with Crippen LogP contribution in [0.5, 0.6) is 0 Å². The summed E-state index contributed by atoms with van der Waals surface area (Å²) in [6.07, 6.45) is 1.60. The zero-order valence-electron chi connectivity index (χ0n) is 10.7. The van der Waals surface area contributed by atoms with E-state index in [-0.39, 0.29) is 17.9 Å². The van der Waals surface area contributed by atoms with E-state index < -0.39 is 0 Å². The molecular formula is C15H16ClNO2. The third-order valence-corrected chi connectivity index (χ3v) is 3.39. The molecule has 0 fully saturated rings. The fourth-order valence-corrected chi connectivity index (χ4v) is 1.91. The van der Waals surface area contributed by atoms with Crippen LogP contribution in [0.4, 0.5) is 0 Å². The van der Waals surface area contributed by atoms with Gasteiger partial charge in [-0.2, -0.15) is 0 Å². The number of carbonyl (C=O) groups is 1. The van der Waals surface area contributed by atoms with Crippen LogP contribution in [0.25, 0.3) is 0 Å². The van der Waals surface area contributed by atoms with E-state index in [1.54, 1.807) is 13.2 Å². The lowest BCUT2D eigenvalue weighted by Gasteiger charge is -2.19. The van der Waals surface area contributed by atoms with Crippen LogP contribution in [-0.4, -0.2) is 11.8 Å². The molecule has 1 N–H and O–H groups in total. The van der Waals surface area contributed by atoms with Crippen molar-refractivity contribution >= 4 is 17.5 Å². The molecule has 3 nitrogen and oxygen atoms in total. The topological polar surface area (TPSA) is 42.2 Å². The summed E-state index contributed by atoms with van der Waals surface area (Å²) >= 11 is 5.72. The summed E-state index contributed by atoms with van der Waals surface area (Å²) in [5.74, 6) is 0.690. The molecule has 1 amide bonds. The lowest BCUT2D eigenvalue weighted by atomic mass is 10.0. The minimum Gasteiger partial charge on any atom is -0.467 e. The molecule has 0 radical (unpaired) electrons. The van der Waals surface area contributed by atoms with E-state index in [0.29, 0.717) is 11.6 Å². The van der Waals surface area contributed by atoms with Gasteiger partial charge < -0.3 is 9.73 Å². The van der Waals surface area contributed by atoms with Crippen molar-refractivity contribution in [1.29, 1.82) is 0 Å². The molecule has 2 rings (SSSR count). The van der Waals surface area contributed by atoms with E-state index in [0.717, 1.165) is 5.56 Å². The minimum atomic E-state index is -0.283. The standard InChI is InChI=1S/C15H16ClNO2/c1-11(10-16)15(18)17-14(13-8-5-9-19-13)12-6-3-2-4-7-12/h2-9,11,14H,10H2,1H3,(H,17,18). The van der Waals surface area contributed by atoms with Gasteiger partial charge in [-0.05, 0) is 17.7 Å². The van der Waals surface area contributed by atoms with E-state index in [9.17, 15) is 4.79 Å². The van der Waals surface area contributed by atoms with E-state index in [1.165, 1.54) is 0 Å². The number of halogens is 1. The van der Waals surface area contributed by atoms with E-state index in [2.05, 4.69) is 5.32 Å². The number of nitrogens with one attached hydrogen (secondary N) is 1. The number of alkyl halides is 1. The highest BCUT2D eigenvalue weighted by Gasteiger charge is 2.21. The maximum Gasteiger partial charge on any atom is 0.224 e. The Hall–Kier alpha value is -1.74. The summed E-state index contributed by atoms with van der Waals surface area (Å²) in [4.78, 5) is 12.0. The summed E-state index contributed by atoms with van der Waals surface area (Å²) in [6, 6.07) is 13.1. The van der Waals surface area contributed by atoms with Crippen molar-refractivity contribution in [2.45, 2.75) is 13.0 Å². The van der Waals surface area contributed by atoms with Gasteiger partial charge in [0.1, 0.15) is 11.8 Å². The fraction of sp³-hybridized carbons (Fsp3) is 0.267. The molecule has 0 bridgehead atoms. The second-order valence-electron chi connectivity index (χ2n) is 4.42. The Labute approximate surface area is 117 Å². The zero-order valence-corrected chi connectivity index (χ0v) is 11.4. The Kier molecular flexibility index (Phi) is 4.63. The van der Waals surface area contributed by atoms with Crippen LogP contribution >= 0.6 is 11.6 Å². The molecule has 1 aromatic heterocycles. The minimum absolute atomic E-state index is 0.0831. The summed E-state index contributed by atoms with van der Waals surface area (Å²) in [5.41, 5.74) is 0.979. The average Bonchev–Trinajstić information content (AvgIpc) is 2.98. The van der Waals surface area contributed by atoms with Crippen LogP contribution in [0, 0.1) is 5.92 Å². The van der Waals surface area contributed by atoms with Gasteiger partial charge in [0.2, 0.25) is 5.91 Å². The molecule has 1 aromatic carbocycles. The molecule has 2 unspecified atom stereocenters. The van der Waals surface area contributed by atoms with Crippen molar-refractivity contribution in [3.63, 3.8) is 0 Å². The van der Waals surface area contributed by atoms with Crippen LogP contribution in [0.3, 0.4) is 0 Å². The molecule has 2 aromatic rings. The zero-order chi connectivity index (χ0) is 13.7. The molecule has 0 saturated heterocycles. The van der Waals surface area contributed by atoms with Crippen molar-refractivity contribution in [2.75, 3.05) is 5.88 Å². The molecule has 2 atom stereocenters. The summed E-state index contributed by atoms with van der Waals surface area (Å²) < 4.78 is 5.42. The van der Waals surface area contributed by atoms with Crippen molar-refractivity contribution < 1.29 is 9.21 Å². The van der Waals surface area contributed by atoms with Crippen LogP contribution in [0.2, 0.25) is 0 Å². The van der Waals surface area contributed by atoms with E-state index >= 15 is 0 Å². The highest BCUT2D eigenvalue weighted by Crippen LogP contribution is 2.22. The van der Waals surface area contributed by atoms with Gasteiger partial charge in [0, 0.05) is 11.8 Å². The first-order valence-corrected chi connectivity index (χ1v) is 6.70. The third-order valence-electron chi connectivity index (χ3n) is 2.93. The molecule has 4 heteroatoms. The van der Waals surface area contributed by atoms with Crippen molar-refractivity contribution in [3.8, 4) is 0 Å². The van der Waals surface area contributed by atoms with E-state index in [4.69, 9.17) is 16.0 Å². The summed E-state index contributed by atoms with van der Waals surface area (Å²) in [6.45, 7) is 1.80. The summed E-state index contributed by atoms with van der Waals surface area (Å²) in [7, 11) is 0. The predicted octanol–water partition coefficient (Wildman–Crippen LogP) is 3.36. The van der Waals surface area contributed by atoms with Crippen LogP contribution < -0.4 is 5.32 Å². The van der Waals surface area contributed by atoms with Gasteiger partial charge in [-0.3, -0.25) is 4.79 Å². The van der Waals surface area contributed by atoms with Crippen molar-refractivity contribution in [2.24, 2.45) is 5.92 Å². The first kappa shape index (κ1) is 13.7. The Bertz CT molecular complexity index is 510. The van der Waals surface area contributed by atoms with Gasteiger partial charge >= 0.3 is 0 Å². The normalized spacial score (nSPS) is 13.8. The molecule has 0 saturated carbocycles. The molecule has 1 heterocycles. The second kappa shape index (κ2) is 6.43. The molecule has 0 aliphatic heterocycles. The van der Waals surface area contributed by atoms with Crippen molar-refractivity contribution in [1.82, 2.24) is 5.32 Å². The summed E-state index contributed by atoms with van der Waals surface area (Å²) in [5, 5.41) is 2.97. The first-order valence-electron chi connectivity index (χ1n) is 6.17. The van der Waals surface area contributed by atoms with Crippen LogP contribution in [0.1, 0.15) is 24.3 Å². The number of hydrogen-bond donors (Lipinski definition) is 1. The Balaban J connectivity index is 2.24. The third kappa shape index (κ3) is 3.38. The number of amides is 1. The quantitative estimate of drug-likeness (QED) is 0.852. The van der Waals surface area contributed by atoms with Gasteiger partial charge in [0.05, 0.1) is 6.26 Å². The second-order valence-corrected chi connectivity index (χ2v) is 4.73. The highest BCUT2D eigenvalue weighted by atomic mass is 35.5. The average molecular weight is 278 g/mol.